The molecule has 31 heavy (non-hydrogen) atoms. The minimum atomic E-state index is -3.68. The first kappa shape index (κ1) is 22.0. The first-order valence-electron chi connectivity index (χ1n) is 9.46. The predicted octanol–water partition coefficient (Wildman–Crippen LogP) is 3.29. The summed E-state index contributed by atoms with van der Waals surface area (Å²) >= 11 is 0. The molecular weight excluding hydrogens is 414 g/mol. The van der Waals surface area contributed by atoms with Crippen LogP contribution in [0.15, 0.2) is 81.6 Å². The molecule has 0 unspecified atom stereocenters. The number of amides is 1. The average Bonchev–Trinajstić information content (AvgIpc) is 3.23. The maximum atomic E-state index is 12.4. The maximum absolute atomic E-state index is 12.4. The second kappa shape index (κ2) is 9.89. The van der Waals surface area contributed by atoms with Crippen LogP contribution in [0.4, 0.5) is 0 Å². The third-order valence-corrected chi connectivity index (χ3v) is 5.81. The van der Waals surface area contributed by atoms with Crippen molar-refractivity contribution in [3.63, 3.8) is 0 Å². The van der Waals surface area contributed by atoms with Crippen LogP contribution in [0, 0.1) is 18.3 Å². The molecule has 0 saturated carbocycles. The second-order valence-corrected chi connectivity index (χ2v) is 8.55. The maximum Gasteiger partial charge on any atom is 0.262 e. The smallest absolute Gasteiger partial charge is 0.262 e. The van der Waals surface area contributed by atoms with E-state index in [9.17, 15) is 18.5 Å². The molecule has 0 aliphatic carbocycles. The van der Waals surface area contributed by atoms with Crippen molar-refractivity contribution in [2.24, 2.45) is 0 Å². The summed E-state index contributed by atoms with van der Waals surface area (Å²) in [5, 5.41) is 12.0. The molecule has 2 aromatic carbocycles. The van der Waals surface area contributed by atoms with Crippen molar-refractivity contribution in [3.05, 3.63) is 95.0 Å². The number of sulfonamides is 1. The van der Waals surface area contributed by atoms with Crippen molar-refractivity contribution in [1.29, 1.82) is 5.26 Å². The van der Waals surface area contributed by atoms with Crippen LogP contribution in [0.2, 0.25) is 0 Å². The molecule has 0 atom stereocenters. The quantitative estimate of drug-likeness (QED) is 0.416. The summed E-state index contributed by atoms with van der Waals surface area (Å²) in [5.74, 6) is 0.101. The van der Waals surface area contributed by atoms with Gasteiger partial charge in [-0.25, -0.2) is 13.1 Å². The molecule has 1 amide bonds. The van der Waals surface area contributed by atoms with Gasteiger partial charge in [-0.15, -0.1) is 0 Å². The summed E-state index contributed by atoms with van der Waals surface area (Å²) in [5.41, 5.74) is 1.76. The third-order valence-electron chi connectivity index (χ3n) is 4.40. The number of carbonyl (C=O) groups excluding carboxylic acids is 1. The lowest BCUT2D eigenvalue weighted by Gasteiger charge is -2.05. The van der Waals surface area contributed by atoms with E-state index in [-0.39, 0.29) is 22.8 Å². The summed E-state index contributed by atoms with van der Waals surface area (Å²) < 4.78 is 32.7. The highest BCUT2D eigenvalue weighted by Gasteiger charge is 2.15. The third kappa shape index (κ3) is 6.15. The van der Waals surface area contributed by atoms with Gasteiger partial charge in [0, 0.05) is 12.6 Å². The molecule has 0 bridgehead atoms. The minimum Gasteiger partial charge on any atom is -0.460 e. The molecule has 3 aromatic rings. The van der Waals surface area contributed by atoms with E-state index in [4.69, 9.17) is 4.42 Å². The minimum absolute atomic E-state index is 0.0634. The lowest BCUT2D eigenvalue weighted by Crippen LogP contribution is -2.23. The molecule has 1 heterocycles. The Balaban J connectivity index is 1.62. The summed E-state index contributed by atoms with van der Waals surface area (Å²) in [6, 6.07) is 20.8. The van der Waals surface area contributed by atoms with Gasteiger partial charge in [0.1, 0.15) is 23.2 Å². The zero-order chi connectivity index (χ0) is 22.3. The molecule has 3 rings (SSSR count). The molecule has 0 aliphatic rings. The molecule has 2 N–H and O–H groups in total. The van der Waals surface area contributed by atoms with Crippen molar-refractivity contribution in [1.82, 2.24) is 10.0 Å². The van der Waals surface area contributed by atoms with E-state index in [2.05, 4.69) is 10.0 Å². The van der Waals surface area contributed by atoms with Crippen LogP contribution in [0.3, 0.4) is 0 Å². The fraction of sp³-hybridized carbons (Fsp3) is 0.130. The SMILES string of the molecule is Cc1ccc(S(=O)(=O)NCc2ccc(/C=C(/C#N)C(=O)NCc3ccccc3)o2)cc1. The largest absolute Gasteiger partial charge is 0.460 e. The van der Waals surface area contributed by atoms with Crippen molar-refractivity contribution in [3.8, 4) is 6.07 Å². The second-order valence-electron chi connectivity index (χ2n) is 6.78. The lowest BCUT2D eigenvalue weighted by molar-refractivity contribution is -0.117. The van der Waals surface area contributed by atoms with Gasteiger partial charge in [-0.1, -0.05) is 48.0 Å². The number of hydrogen-bond donors (Lipinski definition) is 2. The Labute approximate surface area is 181 Å². The molecule has 1 aromatic heterocycles. The highest BCUT2D eigenvalue weighted by Crippen LogP contribution is 2.15. The molecule has 158 valence electrons. The number of carbonyl (C=O) groups is 1. The Morgan fingerprint density at radius 3 is 2.42 bits per heavy atom. The van der Waals surface area contributed by atoms with Crippen molar-refractivity contribution in [2.75, 3.05) is 0 Å². The Hall–Kier alpha value is -3.67. The molecule has 7 nitrogen and oxygen atoms in total. The van der Waals surface area contributed by atoms with E-state index in [1.54, 1.807) is 24.3 Å². The van der Waals surface area contributed by atoms with Gasteiger partial charge in [0.05, 0.1) is 11.4 Å². The molecule has 0 fully saturated rings. The fourth-order valence-corrected chi connectivity index (χ4v) is 3.69. The number of rotatable bonds is 8. The fourth-order valence-electron chi connectivity index (χ4n) is 2.70. The summed E-state index contributed by atoms with van der Waals surface area (Å²) in [6.07, 6.45) is 1.32. The Morgan fingerprint density at radius 1 is 1.03 bits per heavy atom. The van der Waals surface area contributed by atoms with Crippen LogP contribution in [0.25, 0.3) is 6.08 Å². The molecular formula is C23H21N3O4S. The van der Waals surface area contributed by atoms with Gasteiger partial charge in [0.25, 0.3) is 5.91 Å². The predicted molar refractivity (Wildman–Crippen MR) is 116 cm³/mol. The van der Waals surface area contributed by atoms with Gasteiger partial charge in [-0.05, 0) is 36.8 Å². The van der Waals surface area contributed by atoms with Crippen LogP contribution < -0.4 is 10.0 Å². The van der Waals surface area contributed by atoms with Gasteiger partial charge in [0.2, 0.25) is 10.0 Å². The topological polar surface area (TPSA) is 112 Å². The first-order valence-corrected chi connectivity index (χ1v) is 10.9. The monoisotopic (exact) mass is 435 g/mol. The van der Waals surface area contributed by atoms with E-state index in [0.717, 1.165) is 11.1 Å². The standard InChI is InChI=1S/C23H21N3O4S/c1-17-7-11-22(12-8-17)31(28,29)26-16-21-10-9-20(30-21)13-19(14-24)23(27)25-15-18-5-3-2-4-6-18/h2-13,26H,15-16H2,1H3,(H,25,27)/b19-13-. The van der Waals surface area contributed by atoms with Gasteiger partial charge in [0.15, 0.2) is 0 Å². The van der Waals surface area contributed by atoms with E-state index in [0.29, 0.717) is 12.3 Å². The number of nitriles is 1. The number of nitrogens with zero attached hydrogens (tertiary/aromatic N) is 1. The lowest BCUT2D eigenvalue weighted by atomic mass is 10.2. The van der Waals surface area contributed by atoms with Crippen molar-refractivity contribution >= 4 is 22.0 Å². The number of furan rings is 1. The van der Waals surface area contributed by atoms with Gasteiger partial charge in [-0.2, -0.15) is 5.26 Å². The average molecular weight is 436 g/mol. The Kier molecular flexibility index (Phi) is 7.03. The normalized spacial score (nSPS) is 11.7. The molecule has 8 heteroatoms. The number of nitrogens with one attached hydrogen (secondary N) is 2. The molecule has 0 radical (unpaired) electrons. The number of benzene rings is 2. The Morgan fingerprint density at radius 2 is 1.74 bits per heavy atom. The summed E-state index contributed by atoms with van der Waals surface area (Å²) in [7, 11) is -3.68. The highest BCUT2D eigenvalue weighted by molar-refractivity contribution is 7.89. The molecule has 0 spiro atoms. The zero-order valence-corrected chi connectivity index (χ0v) is 17.6. The molecule has 0 aliphatic heterocycles. The van der Waals surface area contributed by atoms with Crippen molar-refractivity contribution in [2.45, 2.75) is 24.9 Å². The highest BCUT2D eigenvalue weighted by atomic mass is 32.2. The number of aryl methyl sites for hydroxylation is 1. The van der Waals surface area contributed by atoms with Crippen LogP contribution >= 0.6 is 0 Å². The van der Waals surface area contributed by atoms with Crippen LogP contribution in [-0.4, -0.2) is 14.3 Å². The van der Waals surface area contributed by atoms with E-state index in [1.807, 2.05) is 43.3 Å². The summed E-state index contributed by atoms with van der Waals surface area (Å²) in [6.45, 7) is 2.11. The molecule has 0 saturated heterocycles. The van der Waals surface area contributed by atoms with Crippen LogP contribution in [0.5, 0.6) is 0 Å². The van der Waals surface area contributed by atoms with Crippen LogP contribution in [-0.2, 0) is 27.9 Å². The zero-order valence-electron chi connectivity index (χ0n) is 16.8. The Bertz CT molecular complexity index is 1220. The summed E-state index contributed by atoms with van der Waals surface area (Å²) in [4.78, 5) is 12.4. The van der Waals surface area contributed by atoms with Crippen molar-refractivity contribution < 1.29 is 17.6 Å². The van der Waals surface area contributed by atoms with Gasteiger partial charge in [-0.3, -0.25) is 4.79 Å². The van der Waals surface area contributed by atoms with E-state index >= 15 is 0 Å². The van der Waals surface area contributed by atoms with Crippen LogP contribution in [0.1, 0.15) is 22.6 Å². The van der Waals surface area contributed by atoms with Gasteiger partial charge >= 0.3 is 0 Å². The van der Waals surface area contributed by atoms with E-state index in [1.165, 1.54) is 18.2 Å². The van der Waals surface area contributed by atoms with E-state index < -0.39 is 15.9 Å². The first-order chi connectivity index (χ1) is 14.9. The van der Waals surface area contributed by atoms with Gasteiger partial charge < -0.3 is 9.73 Å². The number of hydrogen-bond acceptors (Lipinski definition) is 5.